The zero-order chi connectivity index (χ0) is 21.7. The molecular weight excluding hydrogens is 390 g/mol. The molecule has 6 heteroatoms. The number of H-pyrrole nitrogens is 1. The number of terminal acetylenes is 1. The van der Waals surface area contributed by atoms with Crippen LogP contribution in [0.5, 0.6) is 5.75 Å². The Morgan fingerprint density at radius 3 is 2.84 bits per heavy atom. The molecule has 2 aromatic heterocycles. The van der Waals surface area contributed by atoms with E-state index in [2.05, 4.69) is 15.9 Å². The maximum Gasteiger partial charge on any atom is 0.337 e. The number of nitrogens with one attached hydrogen (secondary N) is 1. The Bertz CT molecular complexity index is 1250. The molecule has 2 heterocycles. The lowest BCUT2D eigenvalue weighted by atomic mass is 9.88. The molecule has 1 fully saturated rings. The van der Waals surface area contributed by atoms with E-state index in [1.54, 1.807) is 7.11 Å². The lowest BCUT2D eigenvalue weighted by Crippen LogP contribution is -2.17. The van der Waals surface area contributed by atoms with Crippen LogP contribution in [0.2, 0.25) is 0 Å². The third-order valence-electron chi connectivity index (χ3n) is 6.36. The highest BCUT2D eigenvalue weighted by atomic mass is 16.5. The summed E-state index contributed by atoms with van der Waals surface area (Å²) in [7, 11) is 1.59. The second-order valence-electron chi connectivity index (χ2n) is 8.22. The Morgan fingerprint density at radius 1 is 1.35 bits per heavy atom. The molecule has 0 radical (unpaired) electrons. The van der Waals surface area contributed by atoms with Gasteiger partial charge in [0.2, 0.25) is 0 Å². The number of pyridine rings is 1. The van der Waals surface area contributed by atoms with Gasteiger partial charge in [0.1, 0.15) is 5.75 Å². The Kier molecular flexibility index (Phi) is 4.57. The van der Waals surface area contributed by atoms with Gasteiger partial charge in [-0.15, -0.1) is 6.42 Å². The molecule has 0 saturated heterocycles. The minimum atomic E-state index is -0.921. The second kappa shape index (κ2) is 7.29. The summed E-state index contributed by atoms with van der Waals surface area (Å²) >= 11 is 0. The van der Waals surface area contributed by atoms with Gasteiger partial charge in [0, 0.05) is 29.1 Å². The van der Waals surface area contributed by atoms with E-state index < -0.39 is 5.97 Å². The van der Waals surface area contributed by atoms with E-state index >= 15 is 0 Å². The van der Waals surface area contributed by atoms with Crippen molar-refractivity contribution in [3.8, 4) is 40.6 Å². The molecule has 6 nitrogen and oxygen atoms in total. The van der Waals surface area contributed by atoms with E-state index in [0.29, 0.717) is 34.9 Å². The summed E-state index contributed by atoms with van der Waals surface area (Å²) in [5, 5.41) is 9.93. The number of hydrogen-bond acceptors (Lipinski definition) is 4. The molecular formula is C25H23N3O3. The molecule has 1 atom stereocenters. The van der Waals surface area contributed by atoms with E-state index in [1.165, 1.54) is 0 Å². The van der Waals surface area contributed by atoms with Crippen molar-refractivity contribution in [2.24, 2.45) is 11.7 Å². The highest BCUT2D eigenvalue weighted by Gasteiger charge is 2.36. The molecule has 1 saturated carbocycles. The molecule has 31 heavy (non-hydrogen) atoms. The quantitative estimate of drug-likeness (QED) is 0.550. The number of fused-ring (bicyclic) bond motifs is 3. The number of methoxy groups -OCH3 is 1. The van der Waals surface area contributed by atoms with E-state index in [4.69, 9.17) is 16.9 Å². The van der Waals surface area contributed by atoms with Crippen LogP contribution in [0.15, 0.2) is 30.5 Å². The summed E-state index contributed by atoms with van der Waals surface area (Å²) in [6.45, 7) is 0. The van der Waals surface area contributed by atoms with Gasteiger partial charge in [-0.05, 0) is 67.0 Å². The molecule has 156 valence electrons. The van der Waals surface area contributed by atoms with Crippen molar-refractivity contribution < 1.29 is 14.6 Å². The first-order valence-corrected chi connectivity index (χ1v) is 10.4. The summed E-state index contributed by atoms with van der Waals surface area (Å²) in [4.78, 5) is 20.1. The molecule has 0 aliphatic heterocycles. The number of ether oxygens (including phenoxy) is 1. The first-order valence-electron chi connectivity index (χ1n) is 10.4. The maximum atomic E-state index is 12.1. The summed E-state index contributed by atoms with van der Waals surface area (Å²) in [5.74, 6) is 2.72. The number of rotatable bonds is 5. The van der Waals surface area contributed by atoms with E-state index in [-0.39, 0.29) is 6.04 Å². The van der Waals surface area contributed by atoms with Crippen molar-refractivity contribution in [1.82, 2.24) is 9.97 Å². The molecule has 4 N–H and O–H groups in total. The van der Waals surface area contributed by atoms with Crippen molar-refractivity contribution in [3.63, 3.8) is 0 Å². The Morgan fingerprint density at radius 2 is 2.16 bits per heavy atom. The largest absolute Gasteiger partial charge is 0.495 e. The van der Waals surface area contributed by atoms with Gasteiger partial charge in [-0.1, -0.05) is 5.92 Å². The van der Waals surface area contributed by atoms with Gasteiger partial charge in [0.05, 0.1) is 29.6 Å². The number of benzene rings is 1. The first kappa shape index (κ1) is 19.4. The fraction of sp³-hybridized carbons (Fsp3) is 0.280. The molecule has 0 amide bonds. The number of hydrogen-bond donors (Lipinski definition) is 3. The first-order chi connectivity index (χ1) is 15.0. The number of aromatic amines is 1. The number of carboxylic acid groups (broad SMARTS) is 1. The molecule has 1 aromatic carbocycles. The highest BCUT2D eigenvalue weighted by molar-refractivity contribution is 5.95. The zero-order valence-electron chi connectivity index (χ0n) is 17.2. The Labute approximate surface area is 180 Å². The summed E-state index contributed by atoms with van der Waals surface area (Å²) < 4.78 is 5.31. The maximum absolute atomic E-state index is 12.1. The number of nitrogens with zero attached hydrogens (tertiary/aromatic N) is 1. The highest BCUT2D eigenvalue weighted by Crippen LogP contribution is 2.44. The molecule has 5 rings (SSSR count). The van der Waals surface area contributed by atoms with Crippen LogP contribution in [-0.2, 0) is 12.8 Å². The minimum Gasteiger partial charge on any atom is -0.495 e. The van der Waals surface area contributed by atoms with Crippen LogP contribution >= 0.6 is 0 Å². The lowest BCUT2D eigenvalue weighted by Gasteiger charge is -2.18. The van der Waals surface area contributed by atoms with Gasteiger partial charge in [0.15, 0.2) is 0 Å². The summed E-state index contributed by atoms with van der Waals surface area (Å²) in [5.41, 5.74) is 13.5. The van der Waals surface area contributed by atoms with E-state index in [9.17, 15) is 9.90 Å². The van der Waals surface area contributed by atoms with Gasteiger partial charge in [-0.25, -0.2) is 4.79 Å². The molecule has 2 aliphatic carbocycles. The number of carbonyl (C=O) groups is 1. The predicted octanol–water partition coefficient (Wildman–Crippen LogP) is 3.94. The van der Waals surface area contributed by atoms with Crippen LogP contribution in [0.3, 0.4) is 0 Å². The molecule has 2 aliphatic rings. The van der Waals surface area contributed by atoms with E-state index in [1.807, 2.05) is 30.5 Å². The smallest absolute Gasteiger partial charge is 0.337 e. The van der Waals surface area contributed by atoms with Crippen molar-refractivity contribution in [2.45, 2.75) is 31.7 Å². The summed E-state index contributed by atoms with van der Waals surface area (Å²) in [6, 6.07) is 7.36. The average Bonchev–Trinajstić information content (AvgIpc) is 3.56. The van der Waals surface area contributed by atoms with Gasteiger partial charge in [-0.2, -0.15) is 0 Å². The number of aromatic carboxylic acids is 1. The third-order valence-corrected chi connectivity index (χ3v) is 6.36. The van der Waals surface area contributed by atoms with Gasteiger partial charge < -0.3 is 20.6 Å². The average molecular weight is 413 g/mol. The minimum absolute atomic E-state index is 0.277. The van der Waals surface area contributed by atoms with Crippen molar-refractivity contribution in [1.29, 1.82) is 0 Å². The molecule has 3 aromatic rings. The predicted molar refractivity (Wildman–Crippen MR) is 118 cm³/mol. The van der Waals surface area contributed by atoms with Crippen molar-refractivity contribution in [2.75, 3.05) is 7.11 Å². The third kappa shape index (κ3) is 3.18. The Hall–Kier alpha value is -3.56. The molecule has 1 unspecified atom stereocenters. The van der Waals surface area contributed by atoms with Crippen LogP contribution in [0.1, 0.15) is 51.6 Å². The van der Waals surface area contributed by atoms with Gasteiger partial charge >= 0.3 is 5.97 Å². The fourth-order valence-corrected chi connectivity index (χ4v) is 4.54. The SMILES string of the molecule is C#Cc1cc(-c2cc3c(cn2)CCc2c-3[nH]c(C(N)C3CC3)c2C(=O)O)ccc1OC. The number of nitrogens with two attached hydrogens (primary N) is 1. The van der Waals surface area contributed by atoms with Crippen LogP contribution in [0.4, 0.5) is 0 Å². The monoisotopic (exact) mass is 413 g/mol. The topological polar surface area (TPSA) is 101 Å². The zero-order valence-corrected chi connectivity index (χ0v) is 17.2. The van der Waals surface area contributed by atoms with Crippen LogP contribution in [0, 0.1) is 18.3 Å². The van der Waals surface area contributed by atoms with Gasteiger partial charge in [-0.3, -0.25) is 4.98 Å². The normalized spacial score (nSPS) is 15.5. The van der Waals surface area contributed by atoms with Crippen LogP contribution in [-0.4, -0.2) is 28.2 Å². The number of aryl methyl sites for hydroxylation is 1. The van der Waals surface area contributed by atoms with Gasteiger partial charge in [0.25, 0.3) is 0 Å². The molecule has 0 spiro atoms. The standard InChI is InChI=1S/C25H23N3O3/c1-3-13-10-15(7-9-20(13)31-2)19-11-18-16(12-27-19)6-8-17-21(25(29)30)24(28-23(17)18)22(26)14-4-5-14/h1,7,9-12,14,22,28H,4-6,8,26H2,2H3,(H,29,30). The number of carboxylic acids is 1. The lowest BCUT2D eigenvalue weighted by molar-refractivity contribution is 0.0694. The van der Waals surface area contributed by atoms with E-state index in [0.717, 1.165) is 52.9 Å². The Balaban J connectivity index is 1.63. The molecule has 0 bridgehead atoms. The number of aromatic nitrogens is 2. The summed E-state index contributed by atoms with van der Waals surface area (Å²) in [6.07, 6.45) is 11.0. The fourth-order valence-electron chi connectivity index (χ4n) is 4.54. The van der Waals surface area contributed by atoms with Crippen LogP contribution in [0.25, 0.3) is 22.5 Å². The van der Waals surface area contributed by atoms with Crippen molar-refractivity contribution >= 4 is 5.97 Å². The van der Waals surface area contributed by atoms with Crippen LogP contribution < -0.4 is 10.5 Å². The van der Waals surface area contributed by atoms with Crippen molar-refractivity contribution in [3.05, 3.63) is 58.4 Å². The second-order valence-corrected chi connectivity index (χ2v) is 8.22.